The number of hydrogen-bond acceptors (Lipinski definition) is 7. The van der Waals surface area contributed by atoms with Gasteiger partial charge in [0.2, 0.25) is 11.8 Å². The summed E-state index contributed by atoms with van der Waals surface area (Å²) < 4.78 is 40.3. The zero-order valence-corrected chi connectivity index (χ0v) is 18.3. The molecule has 0 spiro atoms. The lowest BCUT2D eigenvalue weighted by Crippen LogP contribution is -2.14. The topological polar surface area (TPSA) is 107 Å². The molecule has 5 aromatic rings. The van der Waals surface area contributed by atoms with Gasteiger partial charge in [-0.15, -0.1) is 10.2 Å². The maximum atomic E-state index is 13.3. The smallest absolute Gasteiger partial charge is 0.262 e. The number of rotatable bonds is 6. The predicted molar refractivity (Wildman–Crippen MR) is 124 cm³/mol. The number of fused-ring (bicyclic) bond motifs is 1. The number of nitrogens with zero attached hydrogens (tertiary/aromatic N) is 3. The van der Waals surface area contributed by atoms with E-state index in [1.165, 1.54) is 0 Å². The van der Waals surface area contributed by atoms with Crippen LogP contribution < -0.4 is 9.46 Å². The molecular formula is C24H18N4O4S. The van der Waals surface area contributed by atoms with E-state index in [2.05, 4.69) is 19.9 Å². The van der Waals surface area contributed by atoms with E-state index in [1.807, 2.05) is 24.3 Å². The van der Waals surface area contributed by atoms with Crippen molar-refractivity contribution in [2.45, 2.75) is 4.90 Å². The maximum absolute atomic E-state index is 13.3. The molecule has 0 atom stereocenters. The third kappa shape index (κ3) is 4.01. The molecule has 2 aromatic heterocycles. The molecule has 0 radical (unpaired) electrons. The van der Waals surface area contributed by atoms with E-state index < -0.39 is 10.0 Å². The highest BCUT2D eigenvalue weighted by atomic mass is 32.2. The Morgan fingerprint density at radius 3 is 2.61 bits per heavy atom. The Bertz CT molecular complexity index is 1560. The summed E-state index contributed by atoms with van der Waals surface area (Å²) in [6.07, 6.45) is 3.19. The van der Waals surface area contributed by atoms with Crippen LogP contribution in [0, 0.1) is 0 Å². The van der Waals surface area contributed by atoms with Crippen LogP contribution >= 0.6 is 0 Å². The van der Waals surface area contributed by atoms with Crippen LogP contribution in [-0.2, 0) is 10.0 Å². The molecular weight excluding hydrogens is 440 g/mol. The average molecular weight is 458 g/mol. The highest BCUT2D eigenvalue weighted by Crippen LogP contribution is 2.32. The average Bonchev–Trinajstić information content (AvgIpc) is 3.34. The minimum atomic E-state index is -3.91. The minimum absolute atomic E-state index is 0.153. The molecule has 0 unspecified atom stereocenters. The van der Waals surface area contributed by atoms with E-state index >= 15 is 0 Å². The number of hydrogen-bond donors (Lipinski definition) is 1. The fourth-order valence-electron chi connectivity index (χ4n) is 3.49. The number of nitrogens with one attached hydrogen (secondary N) is 1. The third-order valence-corrected chi connectivity index (χ3v) is 6.50. The Kier molecular flexibility index (Phi) is 5.23. The molecule has 8 nitrogen and oxygen atoms in total. The van der Waals surface area contributed by atoms with Crippen LogP contribution in [0.15, 0.2) is 94.5 Å². The molecule has 0 aliphatic carbocycles. The zero-order valence-electron chi connectivity index (χ0n) is 17.5. The lowest BCUT2D eigenvalue weighted by atomic mass is 10.2. The number of ether oxygens (including phenoxy) is 1. The highest BCUT2D eigenvalue weighted by Gasteiger charge is 2.21. The molecule has 33 heavy (non-hydrogen) atoms. The van der Waals surface area contributed by atoms with E-state index in [0.29, 0.717) is 33.8 Å². The molecule has 0 bridgehead atoms. The molecule has 0 aliphatic heterocycles. The number of anilines is 1. The zero-order chi connectivity index (χ0) is 22.8. The highest BCUT2D eigenvalue weighted by molar-refractivity contribution is 7.93. The predicted octanol–water partition coefficient (Wildman–Crippen LogP) is 4.76. The normalized spacial score (nSPS) is 11.4. The molecule has 0 saturated carbocycles. The quantitative estimate of drug-likeness (QED) is 0.391. The fourth-order valence-corrected chi connectivity index (χ4v) is 4.80. The first-order valence-electron chi connectivity index (χ1n) is 9.98. The Morgan fingerprint density at radius 2 is 1.73 bits per heavy atom. The van der Waals surface area contributed by atoms with Gasteiger partial charge in [-0.25, -0.2) is 8.42 Å². The van der Waals surface area contributed by atoms with Crippen LogP contribution in [0.5, 0.6) is 5.75 Å². The number of benzene rings is 3. The molecule has 0 amide bonds. The largest absolute Gasteiger partial charge is 0.497 e. The maximum Gasteiger partial charge on any atom is 0.262 e. The second kappa shape index (κ2) is 8.36. The van der Waals surface area contributed by atoms with Crippen LogP contribution in [0.25, 0.3) is 33.7 Å². The summed E-state index contributed by atoms with van der Waals surface area (Å²) in [4.78, 5) is 4.21. The molecule has 0 saturated heterocycles. The van der Waals surface area contributed by atoms with Crippen molar-refractivity contribution in [2.24, 2.45) is 0 Å². The van der Waals surface area contributed by atoms with Crippen molar-refractivity contribution >= 4 is 26.5 Å². The standard InChI is InChI=1S/C24H18N4O4S/c1-31-18-8-4-6-16(14-18)23-26-27-24(32-23)20-9-2-3-10-21(20)28-33(29,30)22-11-5-7-17-15-25-13-12-19(17)22/h2-15,28H,1H3. The number of para-hydroxylation sites is 1. The van der Waals surface area contributed by atoms with Crippen molar-refractivity contribution in [3.63, 3.8) is 0 Å². The molecule has 1 N–H and O–H groups in total. The van der Waals surface area contributed by atoms with Crippen molar-refractivity contribution in [1.82, 2.24) is 15.2 Å². The van der Waals surface area contributed by atoms with Gasteiger partial charge in [0, 0.05) is 28.7 Å². The summed E-state index contributed by atoms with van der Waals surface area (Å²) in [7, 11) is -2.33. The Labute approximate surface area is 189 Å². The van der Waals surface area contributed by atoms with Gasteiger partial charge in [-0.1, -0.05) is 30.3 Å². The monoisotopic (exact) mass is 458 g/mol. The number of methoxy groups -OCH3 is 1. The summed E-state index contributed by atoms with van der Waals surface area (Å²) in [6.45, 7) is 0. The molecule has 9 heteroatoms. The Morgan fingerprint density at radius 1 is 0.909 bits per heavy atom. The van der Waals surface area contributed by atoms with Gasteiger partial charge in [-0.05, 0) is 42.5 Å². The van der Waals surface area contributed by atoms with Gasteiger partial charge in [-0.2, -0.15) is 0 Å². The number of sulfonamides is 1. The molecule has 164 valence electrons. The first kappa shape index (κ1) is 20.7. The summed E-state index contributed by atoms with van der Waals surface area (Å²) in [5.74, 6) is 1.14. The van der Waals surface area contributed by atoms with Gasteiger partial charge in [0.1, 0.15) is 5.75 Å². The number of pyridine rings is 1. The van der Waals surface area contributed by atoms with E-state index in [9.17, 15) is 8.42 Å². The van der Waals surface area contributed by atoms with E-state index in [-0.39, 0.29) is 10.8 Å². The lowest BCUT2D eigenvalue weighted by molar-refractivity contribution is 0.415. The molecule has 3 aromatic carbocycles. The molecule has 2 heterocycles. The van der Waals surface area contributed by atoms with Crippen LogP contribution in [0.2, 0.25) is 0 Å². The van der Waals surface area contributed by atoms with E-state index in [0.717, 1.165) is 5.39 Å². The number of aromatic nitrogens is 3. The Balaban J connectivity index is 1.52. The molecule has 5 rings (SSSR count). The summed E-state index contributed by atoms with van der Waals surface area (Å²) in [5, 5.41) is 9.56. The van der Waals surface area contributed by atoms with Crippen LogP contribution in [0.1, 0.15) is 0 Å². The van der Waals surface area contributed by atoms with Gasteiger partial charge in [0.05, 0.1) is 23.3 Å². The van der Waals surface area contributed by atoms with Gasteiger partial charge in [-0.3, -0.25) is 9.71 Å². The fraction of sp³-hybridized carbons (Fsp3) is 0.0417. The van der Waals surface area contributed by atoms with Crippen molar-refractivity contribution in [2.75, 3.05) is 11.8 Å². The van der Waals surface area contributed by atoms with Crippen molar-refractivity contribution < 1.29 is 17.6 Å². The summed E-state index contributed by atoms with van der Waals surface area (Å²) >= 11 is 0. The minimum Gasteiger partial charge on any atom is -0.497 e. The van der Waals surface area contributed by atoms with Crippen LogP contribution in [-0.4, -0.2) is 30.7 Å². The van der Waals surface area contributed by atoms with Gasteiger partial charge >= 0.3 is 0 Å². The third-order valence-electron chi connectivity index (χ3n) is 5.07. The van der Waals surface area contributed by atoms with E-state index in [4.69, 9.17) is 9.15 Å². The van der Waals surface area contributed by atoms with Crippen molar-refractivity contribution in [3.8, 4) is 28.7 Å². The van der Waals surface area contributed by atoms with Gasteiger partial charge in [0.15, 0.2) is 0 Å². The van der Waals surface area contributed by atoms with Crippen molar-refractivity contribution in [1.29, 1.82) is 0 Å². The lowest BCUT2D eigenvalue weighted by Gasteiger charge is -2.12. The first-order valence-corrected chi connectivity index (χ1v) is 11.5. The Hall–Kier alpha value is -4.24. The first-order chi connectivity index (χ1) is 16.0. The summed E-state index contributed by atoms with van der Waals surface area (Å²) in [6, 6.07) is 20.8. The SMILES string of the molecule is COc1cccc(-c2nnc(-c3ccccc3NS(=O)(=O)c3cccc4cnccc34)o2)c1. The second-order valence-electron chi connectivity index (χ2n) is 7.15. The van der Waals surface area contributed by atoms with Crippen LogP contribution in [0.3, 0.4) is 0 Å². The van der Waals surface area contributed by atoms with Gasteiger partial charge in [0.25, 0.3) is 10.0 Å². The van der Waals surface area contributed by atoms with Crippen molar-refractivity contribution in [3.05, 3.63) is 85.2 Å². The van der Waals surface area contributed by atoms with Gasteiger partial charge < -0.3 is 9.15 Å². The summed E-state index contributed by atoms with van der Waals surface area (Å²) in [5.41, 5.74) is 1.48. The molecule has 0 aliphatic rings. The van der Waals surface area contributed by atoms with Crippen LogP contribution in [0.4, 0.5) is 5.69 Å². The molecule has 0 fully saturated rings. The second-order valence-corrected chi connectivity index (χ2v) is 8.80. The van der Waals surface area contributed by atoms with E-state index in [1.54, 1.807) is 68.0 Å².